The molecular formula is C7H17NO2. The minimum absolute atomic E-state index is 0.184. The van der Waals surface area contributed by atoms with E-state index in [1.807, 2.05) is 20.8 Å². The summed E-state index contributed by atoms with van der Waals surface area (Å²) in [6.07, 6.45) is -0.528. The molecule has 10 heavy (non-hydrogen) atoms. The monoisotopic (exact) mass is 147 g/mol. The first-order valence-electron chi connectivity index (χ1n) is 3.48. The van der Waals surface area contributed by atoms with Crippen LogP contribution in [0, 0.1) is 0 Å². The lowest BCUT2D eigenvalue weighted by Gasteiger charge is -2.21. The van der Waals surface area contributed by atoms with E-state index in [4.69, 9.17) is 15.6 Å². The molecule has 0 aromatic heterocycles. The molecule has 3 N–H and O–H groups in total. The van der Waals surface area contributed by atoms with Crippen molar-refractivity contribution in [3.8, 4) is 0 Å². The lowest BCUT2D eigenvalue weighted by atomic mass is 10.2. The van der Waals surface area contributed by atoms with Gasteiger partial charge in [-0.2, -0.15) is 0 Å². The Morgan fingerprint density at radius 2 is 2.00 bits per heavy atom. The summed E-state index contributed by atoms with van der Waals surface area (Å²) in [5.41, 5.74) is 4.99. The Morgan fingerprint density at radius 3 is 2.30 bits per heavy atom. The Kier molecular flexibility index (Phi) is 3.86. The minimum Gasteiger partial charge on any atom is -0.389 e. The summed E-state index contributed by atoms with van der Waals surface area (Å²) in [5, 5.41) is 8.97. The van der Waals surface area contributed by atoms with Crippen molar-refractivity contribution < 1.29 is 9.84 Å². The first-order chi connectivity index (χ1) is 4.45. The van der Waals surface area contributed by atoms with Crippen LogP contribution in [-0.4, -0.2) is 30.0 Å². The van der Waals surface area contributed by atoms with Crippen molar-refractivity contribution in [3.63, 3.8) is 0 Å². The number of aliphatic hydroxyl groups excluding tert-OH is 1. The van der Waals surface area contributed by atoms with E-state index in [9.17, 15) is 0 Å². The Morgan fingerprint density at radius 1 is 1.50 bits per heavy atom. The first kappa shape index (κ1) is 9.88. The van der Waals surface area contributed by atoms with E-state index >= 15 is 0 Å². The molecule has 0 saturated heterocycles. The molecule has 0 unspecified atom stereocenters. The molecule has 62 valence electrons. The third-order valence-electron chi connectivity index (χ3n) is 0.981. The first-order valence-corrected chi connectivity index (χ1v) is 3.48. The highest BCUT2D eigenvalue weighted by Gasteiger charge is 2.11. The molecule has 1 atom stereocenters. The highest BCUT2D eigenvalue weighted by Crippen LogP contribution is 2.06. The van der Waals surface area contributed by atoms with Crippen molar-refractivity contribution >= 4 is 0 Å². The highest BCUT2D eigenvalue weighted by molar-refractivity contribution is 4.61. The van der Waals surface area contributed by atoms with Crippen molar-refractivity contribution in [1.82, 2.24) is 0 Å². The maximum atomic E-state index is 8.97. The van der Waals surface area contributed by atoms with Gasteiger partial charge in [-0.3, -0.25) is 0 Å². The molecule has 0 radical (unpaired) electrons. The van der Waals surface area contributed by atoms with Crippen LogP contribution in [0.15, 0.2) is 0 Å². The zero-order valence-corrected chi connectivity index (χ0v) is 6.92. The van der Waals surface area contributed by atoms with Gasteiger partial charge in [-0.25, -0.2) is 0 Å². The van der Waals surface area contributed by atoms with E-state index < -0.39 is 6.10 Å². The SMILES string of the molecule is CC(C)(C)OC[C@@H](O)CN. The van der Waals surface area contributed by atoms with Crippen molar-refractivity contribution in [3.05, 3.63) is 0 Å². The van der Waals surface area contributed by atoms with E-state index in [1.165, 1.54) is 0 Å². The van der Waals surface area contributed by atoms with Gasteiger partial charge >= 0.3 is 0 Å². The number of hydrogen-bond acceptors (Lipinski definition) is 3. The normalized spacial score (nSPS) is 15.3. The zero-order chi connectivity index (χ0) is 8.20. The van der Waals surface area contributed by atoms with E-state index in [0.717, 1.165) is 0 Å². The zero-order valence-electron chi connectivity index (χ0n) is 6.92. The number of nitrogens with two attached hydrogens (primary N) is 1. The van der Waals surface area contributed by atoms with Crippen LogP contribution in [0.3, 0.4) is 0 Å². The number of aliphatic hydroxyl groups is 1. The predicted octanol–water partition coefficient (Wildman–Crippen LogP) is 0.121. The van der Waals surface area contributed by atoms with Crippen molar-refractivity contribution in [1.29, 1.82) is 0 Å². The molecule has 0 amide bonds. The summed E-state index contributed by atoms with van der Waals surface area (Å²) in [4.78, 5) is 0. The number of ether oxygens (including phenoxy) is 1. The smallest absolute Gasteiger partial charge is 0.0895 e. The summed E-state index contributed by atoms with van der Waals surface area (Å²) in [6.45, 7) is 6.40. The van der Waals surface area contributed by atoms with Crippen LogP contribution in [0.4, 0.5) is 0 Å². The van der Waals surface area contributed by atoms with Crippen LogP contribution in [-0.2, 0) is 4.74 Å². The summed E-state index contributed by atoms with van der Waals surface area (Å²) in [7, 11) is 0. The molecule has 0 spiro atoms. The van der Waals surface area contributed by atoms with Gasteiger partial charge in [-0.1, -0.05) is 0 Å². The fraction of sp³-hybridized carbons (Fsp3) is 1.00. The lowest BCUT2D eigenvalue weighted by Crippen LogP contribution is -2.30. The van der Waals surface area contributed by atoms with Crippen molar-refractivity contribution in [2.75, 3.05) is 13.2 Å². The third-order valence-corrected chi connectivity index (χ3v) is 0.981. The molecule has 0 bridgehead atoms. The Labute approximate surface area is 62.2 Å². The average Bonchev–Trinajstić information content (AvgIpc) is 1.81. The van der Waals surface area contributed by atoms with Gasteiger partial charge in [0.25, 0.3) is 0 Å². The fourth-order valence-corrected chi connectivity index (χ4v) is 0.414. The Bertz CT molecular complexity index is 88.1. The summed E-state index contributed by atoms with van der Waals surface area (Å²) < 4.78 is 5.25. The molecule has 0 saturated carbocycles. The second-order valence-corrected chi connectivity index (χ2v) is 3.31. The number of hydrogen-bond donors (Lipinski definition) is 2. The molecule has 0 aromatic carbocycles. The fourth-order valence-electron chi connectivity index (χ4n) is 0.414. The Hall–Kier alpha value is -0.120. The molecule has 0 aliphatic carbocycles. The van der Waals surface area contributed by atoms with Crippen LogP contribution < -0.4 is 5.73 Å². The van der Waals surface area contributed by atoms with Crippen LogP contribution >= 0.6 is 0 Å². The van der Waals surface area contributed by atoms with Gasteiger partial charge in [0.2, 0.25) is 0 Å². The minimum atomic E-state index is -0.528. The highest BCUT2D eigenvalue weighted by atomic mass is 16.5. The molecule has 3 nitrogen and oxygen atoms in total. The summed E-state index contributed by atoms with van der Waals surface area (Å²) >= 11 is 0. The molecule has 0 rings (SSSR count). The largest absolute Gasteiger partial charge is 0.389 e. The van der Waals surface area contributed by atoms with Gasteiger partial charge in [0.15, 0.2) is 0 Å². The molecular weight excluding hydrogens is 130 g/mol. The second-order valence-electron chi connectivity index (χ2n) is 3.31. The van der Waals surface area contributed by atoms with Gasteiger partial charge in [0, 0.05) is 6.54 Å². The van der Waals surface area contributed by atoms with Crippen molar-refractivity contribution in [2.45, 2.75) is 32.5 Å². The van der Waals surface area contributed by atoms with Crippen LogP contribution in [0.1, 0.15) is 20.8 Å². The molecule has 0 fully saturated rings. The average molecular weight is 147 g/mol. The van der Waals surface area contributed by atoms with Gasteiger partial charge in [-0.15, -0.1) is 0 Å². The van der Waals surface area contributed by atoms with E-state index in [0.29, 0.717) is 6.61 Å². The Balaban J connectivity index is 3.36. The topological polar surface area (TPSA) is 55.5 Å². The van der Waals surface area contributed by atoms with Gasteiger partial charge in [0.1, 0.15) is 0 Å². The van der Waals surface area contributed by atoms with E-state index in [-0.39, 0.29) is 12.1 Å². The molecule has 0 heterocycles. The lowest BCUT2D eigenvalue weighted by molar-refractivity contribution is -0.0459. The summed E-state index contributed by atoms with van der Waals surface area (Å²) in [5.74, 6) is 0. The summed E-state index contributed by atoms with van der Waals surface area (Å²) in [6, 6.07) is 0. The van der Waals surface area contributed by atoms with E-state index in [2.05, 4.69) is 0 Å². The quantitative estimate of drug-likeness (QED) is 0.596. The molecule has 3 heteroatoms. The standard InChI is InChI=1S/C7H17NO2/c1-7(2,3)10-5-6(9)4-8/h6,9H,4-5,8H2,1-3H3/t6-/m0/s1. The maximum Gasteiger partial charge on any atom is 0.0895 e. The number of rotatable bonds is 3. The van der Waals surface area contributed by atoms with E-state index in [1.54, 1.807) is 0 Å². The predicted molar refractivity (Wildman–Crippen MR) is 40.8 cm³/mol. The maximum absolute atomic E-state index is 8.97. The van der Waals surface area contributed by atoms with Crippen molar-refractivity contribution in [2.24, 2.45) is 5.73 Å². The van der Waals surface area contributed by atoms with Crippen LogP contribution in [0.5, 0.6) is 0 Å². The van der Waals surface area contributed by atoms with Gasteiger partial charge in [0.05, 0.1) is 18.3 Å². The molecule has 0 aliphatic rings. The second kappa shape index (κ2) is 3.91. The molecule has 0 aliphatic heterocycles. The van der Waals surface area contributed by atoms with Gasteiger partial charge in [-0.05, 0) is 20.8 Å². The third kappa shape index (κ3) is 6.01. The van der Waals surface area contributed by atoms with Gasteiger partial charge < -0.3 is 15.6 Å². The van der Waals surface area contributed by atoms with Crippen LogP contribution in [0.25, 0.3) is 0 Å². The van der Waals surface area contributed by atoms with Crippen LogP contribution in [0.2, 0.25) is 0 Å². The molecule has 0 aromatic rings.